The van der Waals surface area contributed by atoms with Gasteiger partial charge in [0.05, 0.1) is 6.54 Å². The Hall–Kier alpha value is -2.41. The molecule has 7 nitrogen and oxygen atoms in total. The number of amides is 1. The van der Waals surface area contributed by atoms with Gasteiger partial charge in [0, 0.05) is 17.8 Å². The Morgan fingerprint density at radius 1 is 1.45 bits per heavy atom. The summed E-state index contributed by atoms with van der Waals surface area (Å²) in [5.74, 6) is 5.92. The average molecular weight is 274 g/mol. The van der Waals surface area contributed by atoms with Crippen LogP contribution in [0.1, 0.15) is 28.7 Å². The minimum atomic E-state index is -0.142. The summed E-state index contributed by atoms with van der Waals surface area (Å²) in [5, 5.41) is 10.6. The van der Waals surface area contributed by atoms with Crippen LogP contribution in [0.5, 0.6) is 0 Å². The lowest BCUT2D eigenvalue weighted by molar-refractivity contribution is 0.0949. The van der Waals surface area contributed by atoms with Crippen molar-refractivity contribution in [3.8, 4) is 0 Å². The van der Waals surface area contributed by atoms with Crippen LogP contribution in [0.3, 0.4) is 0 Å². The fourth-order valence-corrected chi connectivity index (χ4v) is 1.94. The van der Waals surface area contributed by atoms with Crippen molar-refractivity contribution in [3.05, 3.63) is 41.5 Å². The third-order valence-corrected chi connectivity index (χ3v) is 3.08. The van der Waals surface area contributed by atoms with E-state index in [4.69, 9.17) is 5.84 Å². The molecule has 0 radical (unpaired) electrons. The summed E-state index contributed by atoms with van der Waals surface area (Å²) < 4.78 is 1.88. The second-order valence-corrected chi connectivity index (χ2v) is 4.39. The van der Waals surface area contributed by atoms with Crippen molar-refractivity contribution in [1.82, 2.24) is 20.1 Å². The highest BCUT2D eigenvalue weighted by molar-refractivity contribution is 5.95. The predicted molar refractivity (Wildman–Crippen MR) is 75.9 cm³/mol. The van der Waals surface area contributed by atoms with Gasteiger partial charge in [-0.05, 0) is 37.6 Å². The SMILES string of the molecule is CCn1cnnc1CNC(=O)c1ccc(NN)cc1C. The van der Waals surface area contributed by atoms with Gasteiger partial charge in [-0.25, -0.2) is 0 Å². The second kappa shape index (κ2) is 6.16. The molecule has 4 N–H and O–H groups in total. The smallest absolute Gasteiger partial charge is 0.251 e. The van der Waals surface area contributed by atoms with Crippen LogP contribution in [-0.2, 0) is 13.1 Å². The Morgan fingerprint density at radius 2 is 2.25 bits per heavy atom. The molecule has 1 heterocycles. The molecule has 0 unspecified atom stereocenters. The monoisotopic (exact) mass is 274 g/mol. The lowest BCUT2D eigenvalue weighted by Gasteiger charge is -2.09. The number of hydrogen-bond acceptors (Lipinski definition) is 5. The van der Waals surface area contributed by atoms with Crippen molar-refractivity contribution in [1.29, 1.82) is 0 Å². The molecule has 0 bridgehead atoms. The number of carbonyl (C=O) groups excluding carboxylic acids is 1. The Kier molecular flexibility index (Phi) is 4.31. The lowest BCUT2D eigenvalue weighted by Crippen LogP contribution is -2.25. The van der Waals surface area contributed by atoms with E-state index in [1.54, 1.807) is 18.5 Å². The zero-order chi connectivity index (χ0) is 14.5. The number of carbonyl (C=O) groups is 1. The number of aryl methyl sites for hydroxylation is 2. The number of anilines is 1. The molecule has 2 rings (SSSR count). The van der Waals surface area contributed by atoms with Crippen molar-refractivity contribution < 1.29 is 4.79 Å². The summed E-state index contributed by atoms with van der Waals surface area (Å²) in [7, 11) is 0. The average Bonchev–Trinajstić information content (AvgIpc) is 2.92. The molecule has 1 aromatic carbocycles. The first-order chi connectivity index (χ1) is 9.65. The van der Waals surface area contributed by atoms with Gasteiger partial charge in [-0.1, -0.05) is 0 Å². The van der Waals surface area contributed by atoms with Crippen LogP contribution in [0.2, 0.25) is 0 Å². The number of nitrogens with one attached hydrogen (secondary N) is 2. The third-order valence-electron chi connectivity index (χ3n) is 3.08. The second-order valence-electron chi connectivity index (χ2n) is 4.39. The molecule has 0 atom stereocenters. The molecule has 0 spiro atoms. The minimum absolute atomic E-state index is 0.142. The molecule has 0 saturated heterocycles. The normalized spacial score (nSPS) is 10.3. The van der Waals surface area contributed by atoms with Crippen molar-refractivity contribution in [3.63, 3.8) is 0 Å². The largest absolute Gasteiger partial charge is 0.345 e. The van der Waals surface area contributed by atoms with Crippen LogP contribution in [0.15, 0.2) is 24.5 Å². The van der Waals surface area contributed by atoms with Gasteiger partial charge in [0.1, 0.15) is 6.33 Å². The van der Waals surface area contributed by atoms with Gasteiger partial charge in [0.15, 0.2) is 5.82 Å². The molecule has 1 amide bonds. The van der Waals surface area contributed by atoms with Crippen LogP contribution in [-0.4, -0.2) is 20.7 Å². The number of hydrogen-bond donors (Lipinski definition) is 3. The van der Waals surface area contributed by atoms with Gasteiger partial charge in [0.2, 0.25) is 0 Å². The summed E-state index contributed by atoms with van der Waals surface area (Å²) >= 11 is 0. The molecule has 1 aromatic heterocycles. The first-order valence-electron chi connectivity index (χ1n) is 6.37. The lowest BCUT2D eigenvalue weighted by atomic mass is 10.1. The number of nitrogen functional groups attached to an aromatic ring is 1. The van der Waals surface area contributed by atoms with Crippen molar-refractivity contribution >= 4 is 11.6 Å². The fraction of sp³-hybridized carbons (Fsp3) is 0.308. The van der Waals surface area contributed by atoms with Crippen LogP contribution in [0.4, 0.5) is 5.69 Å². The van der Waals surface area contributed by atoms with Gasteiger partial charge < -0.3 is 15.3 Å². The Labute approximate surface area is 117 Å². The van der Waals surface area contributed by atoms with E-state index in [9.17, 15) is 4.79 Å². The number of aromatic nitrogens is 3. The molecule has 7 heteroatoms. The van der Waals surface area contributed by atoms with Crippen molar-refractivity contribution in [2.24, 2.45) is 5.84 Å². The number of nitrogens with two attached hydrogens (primary N) is 1. The van der Waals surface area contributed by atoms with E-state index in [2.05, 4.69) is 20.9 Å². The Balaban J connectivity index is 2.05. The maximum atomic E-state index is 12.1. The van der Waals surface area contributed by atoms with Crippen molar-refractivity contribution in [2.75, 3.05) is 5.43 Å². The minimum Gasteiger partial charge on any atom is -0.345 e. The zero-order valence-corrected chi connectivity index (χ0v) is 11.6. The van der Waals surface area contributed by atoms with E-state index < -0.39 is 0 Å². The topological polar surface area (TPSA) is 97.9 Å². The Morgan fingerprint density at radius 3 is 2.90 bits per heavy atom. The summed E-state index contributed by atoms with van der Waals surface area (Å²) in [5.41, 5.74) is 4.79. The number of hydrazine groups is 1. The van der Waals surface area contributed by atoms with Gasteiger partial charge in [-0.3, -0.25) is 10.6 Å². The molecule has 106 valence electrons. The van der Waals surface area contributed by atoms with E-state index in [1.165, 1.54) is 0 Å². The highest BCUT2D eigenvalue weighted by Crippen LogP contribution is 2.14. The standard InChI is InChI=1S/C13H18N6O/c1-3-19-8-16-18-12(19)7-15-13(20)11-5-4-10(17-14)6-9(11)2/h4-6,8,17H,3,7,14H2,1-2H3,(H,15,20). The van der Waals surface area contributed by atoms with Crippen LogP contribution in [0, 0.1) is 6.92 Å². The van der Waals surface area contributed by atoms with E-state index in [0.717, 1.165) is 23.6 Å². The molecule has 0 fully saturated rings. The highest BCUT2D eigenvalue weighted by Gasteiger charge is 2.10. The summed E-state index contributed by atoms with van der Waals surface area (Å²) in [6.07, 6.45) is 1.65. The molecule has 20 heavy (non-hydrogen) atoms. The van der Waals surface area contributed by atoms with Crippen molar-refractivity contribution in [2.45, 2.75) is 26.9 Å². The van der Waals surface area contributed by atoms with Crippen LogP contribution < -0.4 is 16.6 Å². The molecular weight excluding hydrogens is 256 g/mol. The van der Waals surface area contributed by atoms with Gasteiger partial charge in [-0.15, -0.1) is 10.2 Å². The van der Waals surface area contributed by atoms with E-state index >= 15 is 0 Å². The van der Waals surface area contributed by atoms with Gasteiger partial charge in [0.25, 0.3) is 5.91 Å². The molecule has 0 aliphatic carbocycles. The first-order valence-corrected chi connectivity index (χ1v) is 6.37. The molecule has 0 saturated carbocycles. The molecular formula is C13H18N6O. The van der Waals surface area contributed by atoms with Gasteiger partial charge in [-0.2, -0.15) is 0 Å². The molecule has 2 aromatic rings. The predicted octanol–water partition coefficient (Wildman–Crippen LogP) is 0.822. The number of benzene rings is 1. The van der Waals surface area contributed by atoms with Crippen LogP contribution in [0.25, 0.3) is 0 Å². The maximum Gasteiger partial charge on any atom is 0.251 e. The number of nitrogens with zero attached hydrogens (tertiary/aromatic N) is 3. The first kappa shape index (κ1) is 14.0. The summed E-state index contributed by atoms with van der Waals surface area (Å²) in [6.45, 7) is 4.98. The third kappa shape index (κ3) is 2.94. The van der Waals surface area contributed by atoms with Crippen LogP contribution >= 0.6 is 0 Å². The molecule has 0 aliphatic rings. The zero-order valence-electron chi connectivity index (χ0n) is 11.6. The maximum absolute atomic E-state index is 12.1. The van der Waals surface area contributed by atoms with E-state index in [1.807, 2.05) is 24.5 Å². The van der Waals surface area contributed by atoms with E-state index in [-0.39, 0.29) is 5.91 Å². The Bertz CT molecular complexity index is 607. The van der Waals surface area contributed by atoms with E-state index in [0.29, 0.717) is 12.1 Å². The summed E-state index contributed by atoms with van der Waals surface area (Å²) in [6, 6.07) is 5.32. The molecule has 0 aliphatic heterocycles. The highest BCUT2D eigenvalue weighted by atomic mass is 16.1. The number of rotatable bonds is 5. The van der Waals surface area contributed by atoms with Gasteiger partial charge >= 0.3 is 0 Å². The fourth-order valence-electron chi connectivity index (χ4n) is 1.94. The summed E-state index contributed by atoms with van der Waals surface area (Å²) in [4.78, 5) is 12.1. The quantitative estimate of drug-likeness (QED) is 0.554.